The third kappa shape index (κ3) is 3.32. The van der Waals surface area contributed by atoms with Gasteiger partial charge in [-0.1, -0.05) is 0 Å². The minimum absolute atomic E-state index is 0.00905. The quantitative estimate of drug-likeness (QED) is 0.640. The van der Waals surface area contributed by atoms with Gasteiger partial charge >= 0.3 is 0 Å². The summed E-state index contributed by atoms with van der Waals surface area (Å²) in [5, 5.41) is 9.05. The molecule has 0 unspecified atom stereocenters. The van der Waals surface area contributed by atoms with Gasteiger partial charge in [-0.05, 0) is 53.2 Å². The van der Waals surface area contributed by atoms with E-state index in [0.29, 0.717) is 21.7 Å². The molecular weight excluding hydrogens is 356 g/mol. The van der Waals surface area contributed by atoms with Crippen LogP contribution in [0.15, 0.2) is 39.8 Å². The predicted molar refractivity (Wildman–Crippen MR) is 83.1 cm³/mol. The standard InChI is InChI=1S/C13H11BrN4O2S/c1-8-11(3-5-13(14)17-8)18-21(19,20)12-4-2-10(16)6-9(12)7-15/h2-6,18H,16H2,1H3. The van der Waals surface area contributed by atoms with Crippen molar-refractivity contribution >= 4 is 37.3 Å². The second-order valence-electron chi connectivity index (χ2n) is 4.24. The Hall–Kier alpha value is -2.11. The van der Waals surface area contributed by atoms with Crippen molar-refractivity contribution in [2.45, 2.75) is 11.8 Å². The van der Waals surface area contributed by atoms with Crippen LogP contribution in [0.4, 0.5) is 11.4 Å². The Bertz CT molecular complexity index is 844. The summed E-state index contributed by atoms with van der Waals surface area (Å²) in [6.07, 6.45) is 0. The number of nitrogens with two attached hydrogens (primary N) is 1. The Kier molecular flexibility index (Phi) is 4.16. The van der Waals surface area contributed by atoms with Crippen LogP contribution in [-0.4, -0.2) is 13.4 Å². The van der Waals surface area contributed by atoms with Gasteiger partial charge in [0.2, 0.25) is 0 Å². The van der Waals surface area contributed by atoms with Gasteiger partial charge in [0.05, 0.1) is 16.9 Å². The van der Waals surface area contributed by atoms with Crippen LogP contribution in [0, 0.1) is 18.3 Å². The molecule has 0 atom stereocenters. The maximum absolute atomic E-state index is 12.4. The Morgan fingerprint density at radius 2 is 2.05 bits per heavy atom. The summed E-state index contributed by atoms with van der Waals surface area (Å²) in [6, 6.07) is 9.10. The smallest absolute Gasteiger partial charge is 0.263 e. The molecule has 0 fully saturated rings. The monoisotopic (exact) mass is 366 g/mol. The number of aromatic nitrogens is 1. The number of hydrogen-bond donors (Lipinski definition) is 2. The van der Waals surface area contributed by atoms with E-state index in [1.54, 1.807) is 19.1 Å². The molecule has 2 aromatic rings. The van der Waals surface area contributed by atoms with Gasteiger partial charge in [0.1, 0.15) is 15.6 Å². The van der Waals surface area contributed by atoms with Crippen molar-refractivity contribution in [3.8, 4) is 6.07 Å². The van der Waals surface area contributed by atoms with Gasteiger partial charge in [-0.25, -0.2) is 13.4 Å². The molecule has 3 N–H and O–H groups in total. The van der Waals surface area contributed by atoms with Crippen molar-refractivity contribution < 1.29 is 8.42 Å². The number of hydrogen-bond acceptors (Lipinski definition) is 5. The molecule has 0 aliphatic heterocycles. The number of nitrogens with zero attached hydrogens (tertiary/aromatic N) is 2. The maximum Gasteiger partial charge on any atom is 0.263 e. The minimum Gasteiger partial charge on any atom is -0.399 e. The molecule has 6 nitrogen and oxygen atoms in total. The molecule has 0 aliphatic carbocycles. The van der Waals surface area contributed by atoms with E-state index in [-0.39, 0.29) is 10.5 Å². The maximum atomic E-state index is 12.4. The second kappa shape index (κ2) is 5.71. The van der Waals surface area contributed by atoms with Gasteiger partial charge in [0.25, 0.3) is 10.0 Å². The summed E-state index contributed by atoms with van der Waals surface area (Å²) in [5.74, 6) is 0. The molecular formula is C13H11BrN4O2S. The highest BCUT2D eigenvalue weighted by molar-refractivity contribution is 9.10. The molecule has 2 rings (SSSR count). The number of anilines is 2. The van der Waals surface area contributed by atoms with Crippen LogP contribution < -0.4 is 10.5 Å². The molecule has 8 heteroatoms. The van der Waals surface area contributed by atoms with Gasteiger partial charge in [0, 0.05) is 5.69 Å². The number of rotatable bonds is 3. The SMILES string of the molecule is Cc1nc(Br)ccc1NS(=O)(=O)c1ccc(N)cc1C#N. The third-order valence-corrected chi connectivity index (χ3v) is 4.58. The molecule has 0 aliphatic rings. The number of benzene rings is 1. The molecule has 0 bridgehead atoms. The number of sulfonamides is 1. The van der Waals surface area contributed by atoms with Gasteiger partial charge < -0.3 is 5.73 Å². The molecule has 0 saturated carbocycles. The topological polar surface area (TPSA) is 109 Å². The first-order valence-electron chi connectivity index (χ1n) is 5.79. The zero-order valence-corrected chi connectivity index (χ0v) is 13.4. The third-order valence-electron chi connectivity index (χ3n) is 2.71. The van der Waals surface area contributed by atoms with Crippen molar-refractivity contribution in [2.75, 3.05) is 10.5 Å². The summed E-state index contributed by atoms with van der Waals surface area (Å²) in [7, 11) is -3.89. The Morgan fingerprint density at radius 3 is 2.67 bits per heavy atom. The van der Waals surface area contributed by atoms with E-state index < -0.39 is 10.0 Å². The van der Waals surface area contributed by atoms with Gasteiger partial charge in [0.15, 0.2) is 0 Å². The lowest BCUT2D eigenvalue weighted by molar-refractivity contribution is 0.601. The highest BCUT2D eigenvalue weighted by Crippen LogP contribution is 2.23. The molecule has 1 aromatic heterocycles. The normalized spacial score (nSPS) is 10.9. The van der Waals surface area contributed by atoms with Crippen LogP contribution in [-0.2, 0) is 10.0 Å². The molecule has 0 amide bonds. The van der Waals surface area contributed by atoms with Crippen LogP contribution in [0.2, 0.25) is 0 Å². The first-order valence-corrected chi connectivity index (χ1v) is 8.06. The number of pyridine rings is 1. The highest BCUT2D eigenvalue weighted by Gasteiger charge is 2.20. The lowest BCUT2D eigenvalue weighted by Crippen LogP contribution is -2.15. The van der Waals surface area contributed by atoms with Crippen LogP contribution in [0.3, 0.4) is 0 Å². The number of nitriles is 1. The summed E-state index contributed by atoms with van der Waals surface area (Å²) < 4.78 is 27.8. The van der Waals surface area contributed by atoms with Crippen LogP contribution >= 0.6 is 15.9 Å². The van der Waals surface area contributed by atoms with E-state index in [0.717, 1.165) is 0 Å². The Balaban J connectivity index is 2.46. The summed E-state index contributed by atoms with van der Waals surface area (Å²) >= 11 is 3.21. The number of halogens is 1. The summed E-state index contributed by atoms with van der Waals surface area (Å²) in [6.45, 7) is 1.68. The van der Waals surface area contributed by atoms with Crippen LogP contribution in [0.5, 0.6) is 0 Å². The van der Waals surface area contributed by atoms with Crippen molar-refractivity contribution in [1.82, 2.24) is 4.98 Å². The Labute approximate surface area is 130 Å². The molecule has 21 heavy (non-hydrogen) atoms. The number of aryl methyl sites for hydroxylation is 1. The van der Waals surface area contributed by atoms with E-state index in [9.17, 15) is 8.42 Å². The van der Waals surface area contributed by atoms with Crippen LogP contribution in [0.1, 0.15) is 11.3 Å². The average molecular weight is 367 g/mol. The van der Waals surface area contributed by atoms with Crippen molar-refractivity contribution in [1.29, 1.82) is 5.26 Å². The van der Waals surface area contributed by atoms with E-state index in [4.69, 9.17) is 11.0 Å². The number of nitrogens with one attached hydrogen (secondary N) is 1. The second-order valence-corrected chi connectivity index (χ2v) is 6.70. The molecule has 0 saturated heterocycles. The fraction of sp³-hybridized carbons (Fsp3) is 0.0769. The summed E-state index contributed by atoms with van der Waals surface area (Å²) in [5.41, 5.74) is 6.74. The van der Waals surface area contributed by atoms with E-state index in [2.05, 4.69) is 25.6 Å². The van der Waals surface area contributed by atoms with E-state index in [1.165, 1.54) is 18.2 Å². The first-order chi connectivity index (χ1) is 9.83. The fourth-order valence-electron chi connectivity index (χ4n) is 1.71. The fourth-order valence-corrected chi connectivity index (χ4v) is 3.36. The molecule has 1 heterocycles. The lowest BCUT2D eigenvalue weighted by atomic mass is 10.2. The largest absolute Gasteiger partial charge is 0.399 e. The van der Waals surface area contributed by atoms with Crippen molar-refractivity contribution in [3.63, 3.8) is 0 Å². The average Bonchev–Trinajstić information content (AvgIpc) is 2.41. The zero-order valence-electron chi connectivity index (χ0n) is 11.0. The van der Waals surface area contributed by atoms with Gasteiger partial charge in [-0.3, -0.25) is 4.72 Å². The van der Waals surface area contributed by atoms with Crippen molar-refractivity contribution in [3.05, 3.63) is 46.2 Å². The molecule has 108 valence electrons. The predicted octanol–water partition coefficient (Wildman–Crippen LogP) is 2.41. The number of nitrogen functional groups attached to an aromatic ring is 1. The van der Waals surface area contributed by atoms with Gasteiger partial charge in [-0.15, -0.1) is 0 Å². The zero-order chi connectivity index (χ0) is 15.6. The lowest BCUT2D eigenvalue weighted by Gasteiger charge is -2.11. The molecule has 0 spiro atoms. The van der Waals surface area contributed by atoms with E-state index >= 15 is 0 Å². The minimum atomic E-state index is -3.89. The highest BCUT2D eigenvalue weighted by atomic mass is 79.9. The van der Waals surface area contributed by atoms with E-state index in [1.807, 2.05) is 6.07 Å². The first kappa shape index (κ1) is 15.3. The molecule has 1 aromatic carbocycles. The molecule has 0 radical (unpaired) electrons. The van der Waals surface area contributed by atoms with Crippen LogP contribution in [0.25, 0.3) is 0 Å². The van der Waals surface area contributed by atoms with Crippen molar-refractivity contribution in [2.24, 2.45) is 0 Å². The Morgan fingerprint density at radius 1 is 1.33 bits per heavy atom. The summed E-state index contributed by atoms with van der Waals surface area (Å²) in [4.78, 5) is 3.99. The van der Waals surface area contributed by atoms with Gasteiger partial charge in [-0.2, -0.15) is 5.26 Å².